The fourth-order valence-corrected chi connectivity index (χ4v) is 4.86. The molecule has 0 radical (unpaired) electrons. The Balaban J connectivity index is 0.00000256. The van der Waals surface area contributed by atoms with E-state index < -0.39 is 0 Å². The fraction of sp³-hybridized carbons (Fsp3) is 0.273. The maximum absolute atomic E-state index is 13.1. The molecule has 0 saturated carbocycles. The van der Waals surface area contributed by atoms with Gasteiger partial charge in [0.05, 0.1) is 17.8 Å². The average molecular weight is 464 g/mol. The van der Waals surface area contributed by atoms with Crippen molar-refractivity contribution in [1.82, 2.24) is 14.8 Å². The van der Waals surface area contributed by atoms with E-state index in [9.17, 15) is 9.18 Å². The lowest BCUT2D eigenvalue weighted by atomic mass is 10.2. The first-order chi connectivity index (χ1) is 14.1. The van der Waals surface area contributed by atoms with E-state index in [-0.39, 0.29) is 24.1 Å². The molecule has 2 aromatic carbocycles. The molecule has 1 aliphatic rings. The first kappa shape index (κ1) is 22.7. The summed E-state index contributed by atoms with van der Waals surface area (Å²) in [4.78, 5) is 22.9. The summed E-state index contributed by atoms with van der Waals surface area (Å²) in [6.07, 6.45) is 2.00. The second kappa shape index (κ2) is 10.4. The lowest BCUT2D eigenvalue weighted by molar-refractivity contribution is 0.0625. The number of benzene rings is 2. The normalized spacial score (nSPS) is 14.4. The van der Waals surface area contributed by atoms with Crippen LogP contribution < -0.4 is 0 Å². The molecule has 0 atom stereocenters. The molecule has 2 heterocycles. The molecule has 4 rings (SSSR count). The number of carbonyl (C=O) groups excluding carboxylic acids is 1. The number of piperazine rings is 1. The molecule has 8 heteroatoms. The van der Waals surface area contributed by atoms with Crippen molar-refractivity contribution in [2.24, 2.45) is 0 Å². The fourth-order valence-electron chi connectivity index (χ4n) is 3.43. The van der Waals surface area contributed by atoms with Crippen LogP contribution in [0.3, 0.4) is 0 Å². The van der Waals surface area contributed by atoms with Crippen molar-refractivity contribution < 1.29 is 9.18 Å². The van der Waals surface area contributed by atoms with Crippen LogP contribution in [0.2, 0.25) is 0 Å². The van der Waals surface area contributed by atoms with Gasteiger partial charge >= 0.3 is 0 Å². The number of thiazole rings is 1. The number of aromatic nitrogens is 1. The molecule has 0 spiro atoms. The molecular weight excluding hydrogens is 441 g/mol. The molecule has 1 aliphatic heterocycles. The van der Waals surface area contributed by atoms with E-state index in [0.29, 0.717) is 0 Å². The van der Waals surface area contributed by atoms with Gasteiger partial charge in [-0.25, -0.2) is 9.37 Å². The van der Waals surface area contributed by atoms with E-state index in [0.717, 1.165) is 59.4 Å². The maximum Gasteiger partial charge on any atom is 0.255 e. The first-order valence-electron chi connectivity index (χ1n) is 9.49. The van der Waals surface area contributed by atoms with Gasteiger partial charge in [0.25, 0.3) is 5.91 Å². The highest BCUT2D eigenvalue weighted by Gasteiger charge is 2.24. The Kier molecular flexibility index (Phi) is 7.88. The maximum atomic E-state index is 13.1. The molecule has 3 aromatic rings. The highest BCUT2D eigenvalue weighted by atomic mass is 35.5. The summed E-state index contributed by atoms with van der Waals surface area (Å²) in [7, 11) is 0. The van der Waals surface area contributed by atoms with Gasteiger partial charge in [-0.15, -0.1) is 35.5 Å². The van der Waals surface area contributed by atoms with Crippen LogP contribution in [-0.4, -0.2) is 53.1 Å². The van der Waals surface area contributed by atoms with Gasteiger partial charge in [0.2, 0.25) is 0 Å². The number of amides is 1. The standard InChI is InChI=1S/C22H22FN3OS2.ClH/c1-28-20-5-3-2-4-18(20)22(27)26-12-10-25(11-13-26)14-21-24-19(15-29-21)16-6-8-17(23)9-7-16;/h2-9,15H,10-14H2,1H3;1H. The highest BCUT2D eigenvalue weighted by molar-refractivity contribution is 7.98. The summed E-state index contributed by atoms with van der Waals surface area (Å²) in [5.41, 5.74) is 2.60. The lowest BCUT2D eigenvalue weighted by Crippen LogP contribution is -2.48. The van der Waals surface area contributed by atoms with E-state index in [4.69, 9.17) is 4.98 Å². The first-order valence-corrected chi connectivity index (χ1v) is 11.6. The molecule has 158 valence electrons. The van der Waals surface area contributed by atoms with E-state index in [1.807, 2.05) is 40.8 Å². The molecular formula is C22H23ClFN3OS2. The summed E-state index contributed by atoms with van der Waals surface area (Å²) in [5, 5.41) is 3.05. The molecule has 4 nitrogen and oxygen atoms in total. The lowest BCUT2D eigenvalue weighted by Gasteiger charge is -2.34. The third-order valence-electron chi connectivity index (χ3n) is 5.05. The number of thioether (sulfide) groups is 1. The van der Waals surface area contributed by atoms with Crippen LogP contribution in [0.25, 0.3) is 11.3 Å². The Labute approximate surface area is 190 Å². The Hall–Kier alpha value is -1.93. The van der Waals surface area contributed by atoms with E-state index in [2.05, 4.69) is 4.90 Å². The van der Waals surface area contributed by atoms with Crippen molar-refractivity contribution in [1.29, 1.82) is 0 Å². The minimum Gasteiger partial charge on any atom is -0.336 e. The van der Waals surface area contributed by atoms with Crippen LogP contribution >= 0.6 is 35.5 Å². The van der Waals surface area contributed by atoms with E-state index in [1.165, 1.54) is 12.1 Å². The van der Waals surface area contributed by atoms with Crippen molar-refractivity contribution in [3.63, 3.8) is 0 Å². The van der Waals surface area contributed by atoms with Gasteiger partial charge < -0.3 is 4.90 Å². The van der Waals surface area contributed by atoms with E-state index in [1.54, 1.807) is 35.2 Å². The smallest absolute Gasteiger partial charge is 0.255 e. The second-order valence-electron chi connectivity index (χ2n) is 6.90. The number of carbonyl (C=O) groups is 1. The third kappa shape index (κ3) is 5.21. The van der Waals surface area contributed by atoms with Crippen molar-refractivity contribution >= 4 is 41.4 Å². The second-order valence-corrected chi connectivity index (χ2v) is 8.69. The monoisotopic (exact) mass is 463 g/mol. The van der Waals surface area contributed by atoms with Crippen LogP contribution in [0.4, 0.5) is 4.39 Å². The summed E-state index contributed by atoms with van der Waals surface area (Å²) in [6.45, 7) is 3.88. The van der Waals surface area contributed by atoms with Crippen LogP contribution in [0.1, 0.15) is 15.4 Å². The van der Waals surface area contributed by atoms with Crippen LogP contribution in [0, 0.1) is 5.82 Å². The Morgan fingerprint density at radius 1 is 1.10 bits per heavy atom. The zero-order valence-corrected chi connectivity index (χ0v) is 19.0. The number of halogens is 2. The minimum atomic E-state index is -0.239. The SMILES string of the molecule is CSc1ccccc1C(=O)N1CCN(Cc2nc(-c3ccc(F)cc3)cs2)CC1.Cl. The molecule has 1 fully saturated rings. The van der Waals surface area contributed by atoms with Crippen molar-refractivity contribution in [3.05, 3.63) is 70.3 Å². The number of hydrogen-bond donors (Lipinski definition) is 0. The summed E-state index contributed by atoms with van der Waals surface area (Å²) in [6, 6.07) is 14.2. The van der Waals surface area contributed by atoms with Gasteiger partial charge in [0, 0.05) is 42.0 Å². The van der Waals surface area contributed by atoms with Gasteiger partial charge in [-0.1, -0.05) is 12.1 Å². The summed E-state index contributed by atoms with van der Waals surface area (Å²) >= 11 is 3.23. The third-order valence-corrected chi connectivity index (χ3v) is 6.68. The van der Waals surface area contributed by atoms with Crippen LogP contribution in [0.15, 0.2) is 58.8 Å². The minimum absolute atomic E-state index is 0. The van der Waals surface area contributed by atoms with Crippen LogP contribution in [0.5, 0.6) is 0 Å². The van der Waals surface area contributed by atoms with Gasteiger partial charge in [0.15, 0.2) is 0 Å². The summed E-state index contributed by atoms with van der Waals surface area (Å²) < 4.78 is 13.1. The quantitative estimate of drug-likeness (QED) is 0.496. The Morgan fingerprint density at radius 2 is 1.80 bits per heavy atom. The molecule has 1 aromatic heterocycles. The van der Waals surface area contributed by atoms with Gasteiger partial charge in [-0.3, -0.25) is 9.69 Å². The Bertz CT molecular complexity index is 988. The van der Waals surface area contributed by atoms with Crippen LogP contribution in [-0.2, 0) is 6.54 Å². The average Bonchev–Trinajstić information content (AvgIpc) is 3.22. The molecule has 1 saturated heterocycles. The highest BCUT2D eigenvalue weighted by Crippen LogP contribution is 2.24. The molecule has 0 bridgehead atoms. The van der Waals surface area contributed by atoms with Gasteiger partial charge in [-0.05, 0) is 42.7 Å². The molecule has 30 heavy (non-hydrogen) atoms. The molecule has 0 N–H and O–H groups in total. The number of nitrogens with zero attached hydrogens (tertiary/aromatic N) is 3. The molecule has 0 aliphatic carbocycles. The largest absolute Gasteiger partial charge is 0.336 e. The van der Waals surface area contributed by atoms with Crippen molar-refractivity contribution in [2.75, 3.05) is 32.4 Å². The number of rotatable bonds is 5. The Morgan fingerprint density at radius 3 is 2.50 bits per heavy atom. The topological polar surface area (TPSA) is 36.4 Å². The van der Waals surface area contributed by atoms with Crippen molar-refractivity contribution in [2.45, 2.75) is 11.4 Å². The number of hydrogen-bond acceptors (Lipinski definition) is 5. The summed E-state index contributed by atoms with van der Waals surface area (Å²) in [5.74, 6) is -0.126. The van der Waals surface area contributed by atoms with Gasteiger partial charge in [0.1, 0.15) is 10.8 Å². The van der Waals surface area contributed by atoms with Crippen molar-refractivity contribution in [3.8, 4) is 11.3 Å². The zero-order chi connectivity index (χ0) is 20.2. The predicted molar refractivity (Wildman–Crippen MR) is 124 cm³/mol. The van der Waals surface area contributed by atoms with Gasteiger partial charge in [-0.2, -0.15) is 0 Å². The zero-order valence-electron chi connectivity index (χ0n) is 16.6. The molecule has 1 amide bonds. The predicted octanol–water partition coefficient (Wildman–Crippen LogP) is 5.05. The molecule has 0 unspecified atom stereocenters. The van der Waals surface area contributed by atoms with E-state index >= 15 is 0 Å².